The summed E-state index contributed by atoms with van der Waals surface area (Å²) in [6.45, 7) is -0.440. The van der Waals surface area contributed by atoms with E-state index in [-0.39, 0.29) is 12.0 Å². The van der Waals surface area contributed by atoms with Crippen LogP contribution in [0.15, 0.2) is 24.3 Å². The molecule has 1 aromatic rings. The van der Waals surface area contributed by atoms with Crippen LogP contribution in [0.3, 0.4) is 0 Å². The molecule has 1 atom stereocenters. The molecule has 0 spiro atoms. The van der Waals surface area contributed by atoms with Crippen LogP contribution >= 0.6 is 0 Å². The summed E-state index contributed by atoms with van der Waals surface area (Å²) in [7, 11) is 0. The lowest BCUT2D eigenvalue weighted by Crippen LogP contribution is -2.41. The first-order valence-electron chi connectivity index (χ1n) is 5.57. The molecule has 0 aromatic heterocycles. The molecule has 0 saturated heterocycles. The second-order valence-corrected chi connectivity index (χ2v) is 3.95. The fourth-order valence-electron chi connectivity index (χ4n) is 1.44. The van der Waals surface area contributed by atoms with E-state index >= 15 is 0 Å². The lowest BCUT2D eigenvalue weighted by atomic mass is 10.1. The zero-order valence-electron chi connectivity index (χ0n) is 10.1. The maximum Gasteiger partial charge on any atom is 0.416 e. The van der Waals surface area contributed by atoms with Gasteiger partial charge in [0, 0.05) is 18.6 Å². The fourth-order valence-corrected chi connectivity index (χ4v) is 1.44. The van der Waals surface area contributed by atoms with Crippen LogP contribution in [-0.4, -0.2) is 34.7 Å². The van der Waals surface area contributed by atoms with Crippen molar-refractivity contribution in [3.05, 3.63) is 35.4 Å². The number of aliphatic hydroxyl groups is 1. The highest BCUT2D eigenvalue weighted by atomic mass is 19.4. The summed E-state index contributed by atoms with van der Waals surface area (Å²) in [6, 6.07) is 2.08. The number of benzene rings is 1. The van der Waals surface area contributed by atoms with Gasteiger partial charge in [-0.1, -0.05) is 0 Å². The van der Waals surface area contributed by atoms with Gasteiger partial charge in [-0.2, -0.15) is 13.2 Å². The minimum atomic E-state index is -4.50. The number of carboxylic acids is 1. The molecule has 1 aromatic carbocycles. The Morgan fingerprint density at radius 1 is 1.20 bits per heavy atom. The molecule has 0 aliphatic rings. The number of rotatable bonds is 5. The van der Waals surface area contributed by atoms with Gasteiger partial charge in [0.25, 0.3) is 5.91 Å². The van der Waals surface area contributed by atoms with E-state index in [1.165, 1.54) is 0 Å². The smallest absolute Gasteiger partial charge is 0.416 e. The Morgan fingerprint density at radius 3 is 2.15 bits per heavy atom. The number of hydrogen-bond donors (Lipinski definition) is 3. The zero-order valence-corrected chi connectivity index (χ0v) is 10.1. The van der Waals surface area contributed by atoms with Gasteiger partial charge in [-0.15, -0.1) is 0 Å². The molecule has 3 N–H and O–H groups in total. The van der Waals surface area contributed by atoms with Crippen LogP contribution in [0.1, 0.15) is 22.3 Å². The van der Waals surface area contributed by atoms with E-state index in [9.17, 15) is 22.8 Å². The van der Waals surface area contributed by atoms with Crippen LogP contribution < -0.4 is 5.32 Å². The lowest BCUT2D eigenvalue weighted by molar-refractivity contribution is -0.139. The number of carbonyl (C=O) groups excluding carboxylic acids is 1. The van der Waals surface area contributed by atoms with Crippen LogP contribution in [-0.2, 0) is 11.0 Å². The fraction of sp³-hybridized carbons (Fsp3) is 0.333. The van der Waals surface area contributed by atoms with Crippen molar-refractivity contribution >= 4 is 11.9 Å². The Morgan fingerprint density at radius 2 is 1.75 bits per heavy atom. The first kappa shape index (κ1) is 16.0. The predicted octanol–water partition coefficient (Wildman–Crippen LogP) is 1.27. The number of nitrogens with one attached hydrogen (secondary N) is 1. The van der Waals surface area contributed by atoms with Crippen LogP contribution in [0.2, 0.25) is 0 Å². The molecule has 8 heteroatoms. The molecule has 1 rings (SSSR count). The van der Waals surface area contributed by atoms with E-state index in [1.807, 2.05) is 0 Å². The highest BCUT2D eigenvalue weighted by molar-refractivity contribution is 5.96. The summed E-state index contributed by atoms with van der Waals surface area (Å²) in [5.74, 6) is -2.15. The predicted molar refractivity (Wildman–Crippen MR) is 62.0 cm³/mol. The standard InChI is InChI=1S/C12H12F3NO4/c13-12(14,15)8-3-1-7(2-4-8)10(18)16-9(5-6-17)11(19)20/h1-4,9,17H,5-6H2,(H,16,18)(H,19,20). The third kappa shape index (κ3) is 4.23. The van der Waals surface area contributed by atoms with Gasteiger partial charge in [-0.3, -0.25) is 4.79 Å². The van der Waals surface area contributed by atoms with Crippen LogP contribution in [0.5, 0.6) is 0 Å². The Labute approximate surface area is 112 Å². The van der Waals surface area contributed by atoms with Crippen molar-refractivity contribution < 1.29 is 33.0 Å². The molecule has 110 valence electrons. The maximum atomic E-state index is 12.3. The Hall–Kier alpha value is -2.09. The van der Waals surface area contributed by atoms with Crippen molar-refractivity contribution in [2.75, 3.05) is 6.61 Å². The van der Waals surface area contributed by atoms with E-state index in [0.717, 1.165) is 24.3 Å². The second kappa shape index (κ2) is 6.38. The van der Waals surface area contributed by atoms with Gasteiger partial charge in [0.2, 0.25) is 0 Å². The topological polar surface area (TPSA) is 86.6 Å². The third-order valence-corrected chi connectivity index (χ3v) is 2.50. The zero-order chi connectivity index (χ0) is 15.3. The number of alkyl halides is 3. The van der Waals surface area contributed by atoms with Crippen molar-refractivity contribution in [1.82, 2.24) is 5.32 Å². The lowest BCUT2D eigenvalue weighted by Gasteiger charge is -2.13. The molecular weight excluding hydrogens is 279 g/mol. The first-order valence-corrected chi connectivity index (χ1v) is 5.57. The third-order valence-electron chi connectivity index (χ3n) is 2.50. The van der Waals surface area contributed by atoms with Gasteiger partial charge >= 0.3 is 12.1 Å². The average molecular weight is 291 g/mol. The number of aliphatic hydroxyl groups excluding tert-OH is 1. The molecule has 0 saturated carbocycles. The van der Waals surface area contributed by atoms with Crippen LogP contribution in [0.25, 0.3) is 0 Å². The van der Waals surface area contributed by atoms with E-state index in [1.54, 1.807) is 0 Å². The summed E-state index contributed by atoms with van der Waals surface area (Å²) in [4.78, 5) is 22.4. The number of carboxylic acid groups (broad SMARTS) is 1. The van der Waals surface area contributed by atoms with Crippen LogP contribution in [0, 0.1) is 0 Å². The summed E-state index contributed by atoms with van der Waals surface area (Å²) >= 11 is 0. The van der Waals surface area contributed by atoms with Gasteiger partial charge in [0.15, 0.2) is 0 Å². The van der Waals surface area contributed by atoms with E-state index in [4.69, 9.17) is 10.2 Å². The molecule has 1 amide bonds. The van der Waals surface area contributed by atoms with Gasteiger partial charge < -0.3 is 15.5 Å². The second-order valence-electron chi connectivity index (χ2n) is 3.95. The van der Waals surface area contributed by atoms with Gasteiger partial charge in [-0.05, 0) is 24.3 Å². The highest BCUT2D eigenvalue weighted by Gasteiger charge is 2.30. The summed E-state index contributed by atoms with van der Waals surface area (Å²) < 4.78 is 37.0. The number of halogens is 3. The van der Waals surface area contributed by atoms with Crippen molar-refractivity contribution in [2.24, 2.45) is 0 Å². The Balaban J connectivity index is 2.80. The van der Waals surface area contributed by atoms with Crippen molar-refractivity contribution in [3.8, 4) is 0 Å². The molecule has 0 bridgehead atoms. The van der Waals surface area contributed by atoms with E-state index in [0.29, 0.717) is 0 Å². The van der Waals surface area contributed by atoms with Crippen molar-refractivity contribution in [2.45, 2.75) is 18.6 Å². The first-order chi connectivity index (χ1) is 9.25. The van der Waals surface area contributed by atoms with Gasteiger partial charge in [0.05, 0.1) is 5.56 Å². The molecule has 0 radical (unpaired) electrons. The number of hydrogen-bond acceptors (Lipinski definition) is 3. The largest absolute Gasteiger partial charge is 0.480 e. The summed E-state index contributed by atoms with van der Waals surface area (Å²) in [5, 5.41) is 19.5. The monoisotopic (exact) mass is 291 g/mol. The number of carbonyl (C=O) groups is 2. The summed E-state index contributed by atoms with van der Waals surface area (Å²) in [6.07, 6.45) is -4.70. The van der Waals surface area contributed by atoms with Gasteiger partial charge in [0.1, 0.15) is 6.04 Å². The molecule has 0 aliphatic carbocycles. The molecule has 0 fully saturated rings. The molecule has 0 aliphatic heterocycles. The quantitative estimate of drug-likeness (QED) is 0.762. The Bertz CT molecular complexity index is 484. The van der Waals surface area contributed by atoms with Gasteiger partial charge in [-0.25, -0.2) is 4.79 Å². The van der Waals surface area contributed by atoms with Crippen molar-refractivity contribution in [3.63, 3.8) is 0 Å². The maximum absolute atomic E-state index is 12.3. The van der Waals surface area contributed by atoms with Crippen LogP contribution in [0.4, 0.5) is 13.2 Å². The van der Waals surface area contributed by atoms with E-state index < -0.39 is 36.3 Å². The Kier molecular flexibility index (Phi) is 5.09. The highest BCUT2D eigenvalue weighted by Crippen LogP contribution is 2.29. The molecule has 0 heterocycles. The average Bonchev–Trinajstić information content (AvgIpc) is 2.37. The SMILES string of the molecule is O=C(NC(CCO)C(=O)O)c1ccc(C(F)(F)F)cc1. The van der Waals surface area contributed by atoms with Crippen molar-refractivity contribution in [1.29, 1.82) is 0 Å². The summed E-state index contributed by atoms with van der Waals surface area (Å²) in [5.41, 5.74) is -0.999. The number of amides is 1. The molecule has 20 heavy (non-hydrogen) atoms. The van der Waals surface area contributed by atoms with E-state index in [2.05, 4.69) is 5.32 Å². The molecular formula is C12H12F3NO4. The normalized spacial score (nSPS) is 12.8. The minimum Gasteiger partial charge on any atom is -0.480 e. The minimum absolute atomic E-state index is 0.0952. The molecule has 5 nitrogen and oxygen atoms in total. The number of aliphatic carboxylic acids is 1. The molecule has 1 unspecified atom stereocenters.